The second-order valence-electron chi connectivity index (χ2n) is 6.43. The number of anilines is 1. The summed E-state index contributed by atoms with van der Waals surface area (Å²) < 4.78 is 11.6. The Morgan fingerprint density at radius 2 is 2.22 bits per heavy atom. The van der Waals surface area contributed by atoms with Crippen LogP contribution in [-0.4, -0.2) is 28.3 Å². The summed E-state index contributed by atoms with van der Waals surface area (Å²) in [7, 11) is 0. The van der Waals surface area contributed by atoms with Crippen LogP contribution >= 0.6 is 0 Å². The van der Waals surface area contributed by atoms with E-state index in [1.54, 1.807) is 0 Å². The molecule has 6 heteroatoms. The zero-order chi connectivity index (χ0) is 16.6. The van der Waals surface area contributed by atoms with E-state index >= 15 is 0 Å². The molecular weight excluding hydrogens is 294 g/mol. The lowest BCUT2D eigenvalue weighted by atomic mass is 10.0. The number of benzene rings is 1. The van der Waals surface area contributed by atoms with Crippen LogP contribution in [0.25, 0.3) is 0 Å². The van der Waals surface area contributed by atoms with Crippen molar-refractivity contribution < 1.29 is 14.3 Å². The summed E-state index contributed by atoms with van der Waals surface area (Å²) in [6, 6.07) is 5.76. The molecule has 1 aromatic heterocycles. The molecule has 23 heavy (non-hydrogen) atoms. The van der Waals surface area contributed by atoms with Crippen LogP contribution in [0.3, 0.4) is 0 Å². The Labute approximate surface area is 135 Å². The van der Waals surface area contributed by atoms with E-state index < -0.39 is 0 Å². The molecule has 0 radical (unpaired) electrons. The molecule has 0 unspecified atom stereocenters. The van der Waals surface area contributed by atoms with Crippen LogP contribution in [0, 0.1) is 13.8 Å². The van der Waals surface area contributed by atoms with Crippen LogP contribution in [0.2, 0.25) is 0 Å². The highest BCUT2D eigenvalue weighted by Gasteiger charge is 2.32. The lowest BCUT2D eigenvalue weighted by Gasteiger charge is -2.18. The first-order valence-electron chi connectivity index (χ1n) is 7.61. The van der Waals surface area contributed by atoms with Gasteiger partial charge in [-0.2, -0.15) is 5.10 Å². The third-order valence-electron chi connectivity index (χ3n) is 3.81. The summed E-state index contributed by atoms with van der Waals surface area (Å²) in [6.45, 7) is 7.68. The lowest BCUT2D eigenvalue weighted by Crippen LogP contribution is -2.25. The van der Waals surface area contributed by atoms with Gasteiger partial charge in [0.2, 0.25) is 0 Å². The largest absolute Gasteiger partial charge is 0.483 e. The number of hydrogen-bond donors (Lipinski definition) is 2. The molecule has 1 aromatic carbocycles. The first kappa shape index (κ1) is 15.4. The Bertz CT molecular complexity index is 730. The van der Waals surface area contributed by atoms with Crippen molar-refractivity contribution in [3.8, 4) is 11.5 Å². The fourth-order valence-electron chi connectivity index (χ4n) is 2.75. The van der Waals surface area contributed by atoms with Crippen LogP contribution in [0.5, 0.6) is 11.5 Å². The number of nitrogens with zero attached hydrogens (tertiary/aromatic N) is 1. The van der Waals surface area contributed by atoms with E-state index in [1.807, 2.05) is 45.9 Å². The van der Waals surface area contributed by atoms with Crippen LogP contribution in [0.4, 0.5) is 5.69 Å². The second-order valence-corrected chi connectivity index (χ2v) is 6.43. The molecule has 1 amide bonds. The minimum atomic E-state index is -0.241. The number of para-hydroxylation sites is 1. The third kappa shape index (κ3) is 3.16. The summed E-state index contributed by atoms with van der Waals surface area (Å²) in [5.41, 5.74) is 3.14. The van der Waals surface area contributed by atoms with Crippen LogP contribution in [0.15, 0.2) is 18.2 Å². The number of aromatic amines is 1. The van der Waals surface area contributed by atoms with Gasteiger partial charge in [-0.1, -0.05) is 12.1 Å². The average molecular weight is 315 g/mol. The topological polar surface area (TPSA) is 76.2 Å². The molecule has 0 saturated carbocycles. The average Bonchev–Trinajstić information content (AvgIpc) is 2.97. The number of amides is 1. The minimum Gasteiger partial charge on any atom is -0.483 e. The molecule has 1 aliphatic rings. The zero-order valence-electron chi connectivity index (χ0n) is 13.8. The Hall–Kier alpha value is -2.50. The van der Waals surface area contributed by atoms with Gasteiger partial charge in [0.25, 0.3) is 5.91 Å². The van der Waals surface area contributed by atoms with Gasteiger partial charge >= 0.3 is 0 Å². The molecule has 0 saturated heterocycles. The number of ether oxygens (including phenoxy) is 2. The molecule has 3 rings (SSSR count). The fourth-order valence-corrected chi connectivity index (χ4v) is 2.75. The summed E-state index contributed by atoms with van der Waals surface area (Å²) in [4.78, 5) is 12.1. The molecule has 0 fully saturated rings. The van der Waals surface area contributed by atoms with Crippen LogP contribution in [-0.2, 0) is 11.2 Å². The molecule has 0 bridgehead atoms. The Morgan fingerprint density at radius 1 is 1.43 bits per heavy atom. The minimum absolute atomic E-state index is 0.0791. The SMILES string of the molecule is Cc1n[nH]c(C)c1NC(=O)COc1cccc2c1OC(C)(C)C2. The monoisotopic (exact) mass is 315 g/mol. The van der Waals surface area contributed by atoms with Crippen molar-refractivity contribution in [2.75, 3.05) is 11.9 Å². The summed E-state index contributed by atoms with van der Waals surface area (Å²) in [5.74, 6) is 1.11. The number of carbonyl (C=O) groups excluding carboxylic acids is 1. The first-order chi connectivity index (χ1) is 10.9. The number of aromatic nitrogens is 2. The quantitative estimate of drug-likeness (QED) is 0.909. The highest BCUT2D eigenvalue weighted by atomic mass is 16.5. The Kier molecular flexibility index (Phi) is 3.75. The third-order valence-corrected chi connectivity index (χ3v) is 3.81. The molecular formula is C17H21N3O3. The van der Waals surface area contributed by atoms with Crippen LogP contribution < -0.4 is 14.8 Å². The highest BCUT2D eigenvalue weighted by Crippen LogP contribution is 2.41. The number of nitrogens with one attached hydrogen (secondary N) is 2. The summed E-state index contributed by atoms with van der Waals surface area (Å²) in [5, 5.41) is 9.70. The van der Waals surface area contributed by atoms with Crippen molar-refractivity contribution in [2.45, 2.75) is 39.7 Å². The van der Waals surface area contributed by atoms with Gasteiger partial charge in [0.05, 0.1) is 17.1 Å². The predicted octanol–water partition coefficient (Wildman–Crippen LogP) is 2.76. The molecule has 0 aliphatic carbocycles. The van der Waals surface area contributed by atoms with Crippen molar-refractivity contribution in [2.24, 2.45) is 0 Å². The van der Waals surface area contributed by atoms with Gasteiger partial charge in [-0.25, -0.2) is 0 Å². The maximum atomic E-state index is 12.1. The fraction of sp³-hybridized carbons (Fsp3) is 0.412. The normalized spacial score (nSPS) is 15.0. The molecule has 2 aromatic rings. The highest BCUT2D eigenvalue weighted by molar-refractivity contribution is 5.93. The standard InChI is InChI=1S/C17H21N3O3/c1-10-15(11(2)20-19-10)18-14(21)9-22-13-7-5-6-12-8-17(3,4)23-16(12)13/h5-7H,8-9H2,1-4H3,(H,18,21)(H,19,20). The number of hydrogen-bond acceptors (Lipinski definition) is 4. The van der Waals surface area contributed by atoms with Gasteiger partial charge in [-0.05, 0) is 33.8 Å². The number of H-pyrrole nitrogens is 1. The van der Waals surface area contributed by atoms with E-state index in [2.05, 4.69) is 15.5 Å². The van der Waals surface area contributed by atoms with E-state index in [-0.39, 0.29) is 18.1 Å². The smallest absolute Gasteiger partial charge is 0.262 e. The summed E-state index contributed by atoms with van der Waals surface area (Å²) >= 11 is 0. The maximum Gasteiger partial charge on any atom is 0.262 e. The molecule has 2 N–H and O–H groups in total. The van der Waals surface area contributed by atoms with E-state index in [9.17, 15) is 4.79 Å². The van der Waals surface area contributed by atoms with E-state index in [4.69, 9.17) is 9.47 Å². The molecule has 0 atom stereocenters. The van der Waals surface area contributed by atoms with Gasteiger partial charge in [0.15, 0.2) is 18.1 Å². The van der Waals surface area contributed by atoms with Gasteiger partial charge in [-0.15, -0.1) is 0 Å². The second kappa shape index (κ2) is 5.61. The molecule has 2 heterocycles. The van der Waals surface area contributed by atoms with E-state index in [0.29, 0.717) is 11.4 Å². The molecule has 1 aliphatic heterocycles. The number of fused-ring (bicyclic) bond motifs is 1. The first-order valence-corrected chi connectivity index (χ1v) is 7.61. The van der Waals surface area contributed by atoms with Crippen molar-refractivity contribution >= 4 is 11.6 Å². The van der Waals surface area contributed by atoms with E-state index in [0.717, 1.165) is 29.1 Å². The lowest BCUT2D eigenvalue weighted by molar-refractivity contribution is -0.118. The Balaban J connectivity index is 1.66. The van der Waals surface area contributed by atoms with Gasteiger partial charge in [0, 0.05) is 12.0 Å². The van der Waals surface area contributed by atoms with Gasteiger partial charge < -0.3 is 14.8 Å². The van der Waals surface area contributed by atoms with Crippen LogP contribution in [0.1, 0.15) is 30.8 Å². The van der Waals surface area contributed by atoms with Crippen molar-refractivity contribution in [3.63, 3.8) is 0 Å². The van der Waals surface area contributed by atoms with Crippen molar-refractivity contribution in [3.05, 3.63) is 35.2 Å². The summed E-state index contributed by atoms with van der Waals surface area (Å²) in [6.07, 6.45) is 0.832. The number of carbonyl (C=O) groups is 1. The van der Waals surface area contributed by atoms with Gasteiger partial charge in [0.1, 0.15) is 5.60 Å². The van der Waals surface area contributed by atoms with Gasteiger partial charge in [-0.3, -0.25) is 9.89 Å². The van der Waals surface area contributed by atoms with Crippen molar-refractivity contribution in [1.29, 1.82) is 0 Å². The maximum absolute atomic E-state index is 12.1. The zero-order valence-corrected chi connectivity index (χ0v) is 13.8. The predicted molar refractivity (Wildman–Crippen MR) is 87.0 cm³/mol. The molecule has 122 valence electrons. The number of rotatable bonds is 4. The Morgan fingerprint density at radius 3 is 2.91 bits per heavy atom. The molecule has 6 nitrogen and oxygen atoms in total. The van der Waals surface area contributed by atoms with Crippen molar-refractivity contribution in [1.82, 2.24) is 10.2 Å². The number of aryl methyl sites for hydroxylation is 2. The molecule has 0 spiro atoms. The van der Waals surface area contributed by atoms with E-state index in [1.165, 1.54) is 0 Å².